The van der Waals surface area contributed by atoms with Crippen LogP contribution in [0.3, 0.4) is 0 Å². The molecule has 4 nitrogen and oxygen atoms in total. The summed E-state index contributed by atoms with van der Waals surface area (Å²) in [6, 6.07) is 8.34. The van der Waals surface area contributed by atoms with E-state index in [0.29, 0.717) is 5.92 Å². The van der Waals surface area contributed by atoms with Crippen LogP contribution in [0.4, 0.5) is 0 Å². The van der Waals surface area contributed by atoms with Gasteiger partial charge in [-0.1, -0.05) is 12.1 Å². The summed E-state index contributed by atoms with van der Waals surface area (Å²) in [6.07, 6.45) is 4.79. The lowest BCUT2D eigenvalue weighted by molar-refractivity contribution is 0.0661. The Bertz CT molecular complexity index is 537. The molecule has 2 N–H and O–H groups in total. The Labute approximate surface area is 139 Å². The molecule has 23 heavy (non-hydrogen) atoms. The van der Waals surface area contributed by atoms with Gasteiger partial charge < -0.3 is 10.6 Å². The van der Waals surface area contributed by atoms with Crippen molar-refractivity contribution in [3.05, 3.63) is 35.4 Å². The molecule has 2 aliphatic rings. The smallest absolute Gasteiger partial charge is 0.253 e. The molecule has 2 fully saturated rings. The molecular formula is C19H29N3O. The second-order valence-electron chi connectivity index (χ2n) is 7.20. The third-order valence-electron chi connectivity index (χ3n) is 5.27. The number of nitrogens with two attached hydrogens (primary N) is 1. The van der Waals surface area contributed by atoms with Crippen LogP contribution in [0, 0.1) is 5.92 Å². The molecule has 2 aliphatic heterocycles. The summed E-state index contributed by atoms with van der Waals surface area (Å²) in [5, 5.41) is 0. The van der Waals surface area contributed by atoms with Crippen molar-refractivity contribution in [2.75, 3.05) is 26.2 Å². The first-order chi connectivity index (χ1) is 11.1. The van der Waals surface area contributed by atoms with E-state index in [1.807, 2.05) is 17.0 Å². The molecule has 0 saturated carbocycles. The van der Waals surface area contributed by atoms with E-state index in [4.69, 9.17) is 5.73 Å². The van der Waals surface area contributed by atoms with Gasteiger partial charge in [-0.15, -0.1) is 0 Å². The Morgan fingerprint density at radius 2 is 2.04 bits per heavy atom. The molecule has 1 aromatic rings. The van der Waals surface area contributed by atoms with Gasteiger partial charge in [0.2, 0.25) is 0 Å². The van der Waals surface area contributed by atoms with E-state index in [2.05, 4.69) is 24.0 Å². The Morgan fingerprint density at radius 1 is 1.26 bits per heavy atom. The molecule has 0 spiro atoms. The van der Waals surface area contributed by atoms with Crippen molar-refractivity contribution in [2.24, 2.45) is 11.7 Å². The van der Waals surface area contributed by atoms with E-state index in [1.54, 1.807) is 0 Å². The zero-order chi connectivity index (χ0) is 16.2. The van der Waals surface area contributed by atoms with Crippen LogP contribution in [0.2, 0.25) is 0 Å². The molecule has 1 amide bonds. The topological polar surface area (TPSA) is 49.6 Å². The first-order valence-corrected chi connectivity index (χ1v) is 8.99. The average molecular weight is 315 g/mol. The normalized spacial score (nSPS) is 23.9. The minimum absolute atomic E-state index is 0.159. The lowest BCUT2D eigenvalue weighted by Crippen LogP contribution is -2.45. The Kier molecular flexibility index (Phi) is 5.34. The quantitative estimate of drug-likeness (QED) is 0.928. The van der Waals surface area contributed by atoms with Crippen molar-refractivity contribution in [3.8, 4) is 0 Å². The van der Waals surface area contributed by atoms with Crippen LogP contribution in [0.1, 0.15) is 48.5 Å². The number of rotatable bonds is 4. The van der Waals surface area contributed by atoms with Crippen molar-refractivity contribution >= 4 is 5.91 Å². The van der Waals surface area contributed by atoms with Gasteiger partial charge in [0, 0.05) is 31.2 Å². The third kappa shape index (κ3) is 4.12. The number of nitrogens with zero attached hydrogens (tertiary/aromatic N) is 2. The van der Waals surface area contributed by atoms with E-state index in [0.717, 1.165) is 38.0 Å². The van der Waals surface area contributed by atoms with Crippen LogP contribution in [-0.4, -0.2) is 47.9 Å². The third-order valence-corrected chi connectivity index (χ3v) is 5.27. The molecule has 1 aromatic carbocycles. The summed E-state index contributed by atoms with van der Waals surface area (Å²) in [4.78, 5) is 17.3. The van der Waals surface area contributed by atoms with Gasteiger partial charge in [-0.25, -0.2) is 0 Å². The lowest BCUT2D eigenvalue weighted by atomic mass is 9.92. The molecule has 0 bridgehead atoms. The molecule has 2 saturated heterocycles. The molecule has 0 radical (unpaired) electrons. The van der Waals surface area contributed by atoms with E-state index >= 15 is 0 Å². The summed E-state index contributed by atoms with van der Waals surface area (Å²) >= 11 is 0. The molecule has 126 valence electrons. The van der Waals surface area contributed by atoms with Gasteiger partial charge in [0.15, 0.2) is 0 Å². The average Bonchev–Trinajstić information content (AvgIpc) is 3.07. The highest BCUT2D eigenvalue weighted by atomic mass is 16.2. The highest BCUT2D eigenvalue weighted by molar-refractivity contribution is 5.94. The molecule has 4 heteroatoms. The van der Waals surface area contributed by atoms with Crippen LogP contribution in [-0.2, 0) is 6.54 Å². The van der Waals surface area contributed by atoms with Crippen LogP contribution >= 0.6 is 0 Å². The molecule has 0 aliphatic carbocycles. The van der Waals surface area contributed by atoms with Crippen molar-refractivity contribution in [3.63, 3.8) is 0 Å². The Balaban J connectivity index is 1.66. The summed E-state index contributed by atoms with van der Waals surface area (Å²) < 4.78 is 0. The summed E-state index contributed by atoms with van der Waals surface area (Å²) in [5.74, 6) is 0.596. The van der Waals surface area contributed by atoms with Crippen LogP contribution in [0.5, 0.6) is 0 Å². The van der Waals surface area contributed by atoms with Crippen LogP contribution < -0.4 is 5.73 Å². The van der Waals surface area contributed by atoms with Crippen molar-refractivity contribution in [1.29, 1.82) is 0 Å². The Hall–Kier alpha value is -1.39. The zero-order valence-electron chi connectivity index (χ0n) is 14.2. The summed E-state index contributed by atoms with van der Waals surface area (Å²) in [7, 11) is 0. The number of piperidine rings is 1. The number of hydrogen-bond donors (Lipinski definition) is 1. The zero-order valence-corrected chi connectivity index (χ0v) is 14.2. The van der Waals surface area contributed by atoms with Crippen LogP contribution in [0.15, 0.2) is 24.3 Å². The maximum absolute atomic E-state index is 12.8. The minimum atomic E-state index is 0.159. The minimum Gasteiger partial charge on any atom is -0.338 e. The van der Waals surface area contributed by atoms with E-state index in [9.17, 15) is 4.79 Å². The fourth-order valence-corrected chi connectivity index (χ4v) is 3.81. The monoisotopic (exact) mass is 315 g/mol. The molecule has 2 atom stereocenters. The fourth-order valence-electron chi connectivity index (χ4n) is 3.81. The first kappa shape index (κ1) is 16.5. The van der Waals surface area contributed by atoms with E-state index < -0.39 is 0 Å². The fraction of sp³-hybridized carbons (Fsp3) is 0.632. The van der Waals surface area contributed by atoms with Crippen molar-refractivity contribution in [2.45, 2.75) is 45.2 Å². The second-order valence-corrected chi connectivity index (χ2v) is 7.20. The number of carbonyl (C=O) groups excluding carboxylic acids is 1. The number of amides is 1. The van der Waals surface area contributed by atoms with Gasteiger partial charge in [0.05, 0.1) is 0 Å². The second kappa shape index (κ2) is 7.45. The van der Waals surface area contributed by atoms with Crippen LogP contribution in [0.25, 0.3) is 0 Å². The number of hydrogen-bond acceptors (Lipinski definition) is 3. The van der Waals surface area contributed by atoms with Crippen molar-refractivity contribution in [1.82, 2.24) is 9.80 Å². The molecule has 2 heterocycles. The van der Waals surface area contributed by atoms with Gasteiger partial charge in [0.25, 0.3) is 5.91 Å². The SMILES string of the molecule is CC(N)C1CCCN(C(=O)c2cccc(CN3CCCC3)c2)C1. The van der Waals surface area contributed by atoms with Gasteiger partial charge in [-0.05, 0) is 69.3 Å². The predicted molar refractivity (Wildman–Crippen MR) is 93.2 cm³/mol. The maximum Gasteiger partial charge on any atom is 0.253 e. The van der Waals surface area contributed by atoms with E-state index in [-0.39, 0.29) is 11.9 Å². The summed E-state index contributed by atoms with van der Waals surface area (Å²) in [5.41, 5.74) is 8.11. The molecule has 3 rings (SSSR count). The highest BCUT2D eigenvalue weighted by Crippen LogP contribution is 2.21. The summed E-state index contributed by atoms with van der Waals surface area (Å²) in [6.45, 7) is 7.03. The van der Waals surface area contributed by atoms with Gasteiger partial charge in [0.1, 0.15) is 0 Å². The standard InChI is InChI=1S/C19H29N3O/c1-15(20)18-8-5-11-22(14-18)19(23)17-7-4-6-16(12-17)13-21-9-2-3-10-21/h4,6-7,12,15,18H,2-3,5,8-11,13-14,20H2,1H3. The highest BCUT2D eigenvalue weighted by Gasteiger charge is 2.26. The molecule has 2 unspecified atom stereocenters. The van der Waals surface area contributed by atoms with Gasteiger partial charge >= 0.3 is 0 Å². The predicted octanol–water partition coefficient (Wildman–Crippen LogP) is 2.48. The largest absolute Gasteiger partial charge is 0.338 e. The maximum atomic E-state index is 12.8. The number of benzene rings is 1. The van der Waals surface area contributed by atoms with Crippen molar-refractivity contribution < 1.29 is 4.79 Å². The Morgan fingerprint density at radius 3 is 2.78 bits per heavy atom. The van der Waals surface area contributed by atoms with Gasteiger partial charge in [-0.3, -0.25) is 9.69 Å². The molecular weight excluding hydrogens is 286 g/mol. The van der Waals surface area contributed by atoms with Gasteiger partial charge in [-0.2, -0.15) is 0 Å². The van der Waals surface area contributed by atoms with E-state index in [1.165, 1.54) is 31.5 Å². The number of likely N-dealkylation sites (tertiary alicyclic amines) is 2. The lowest BCUT2D eigenvalue weighted by Gasteiger charge is -2.34. The first-order valence-electron chi connectivity index (χ1n) is 8.99. The number of carbonyl (C=O) groups is 1. The molecule has 0 aromatic heterocycles.